The van der Waals surface area contributed by atoms with E-state index >= 15 is 0 Å². The van der Waals surface area contributed by atoms with Crippen LogP contribution in [0.3, 0.4) is 0 Å². The molecule has 1 fully saturated rings. The predicted molar refractivity (Wildman–Crippen MR) is 84.6 cm³/mol. The van der Waals surface area contributed by atoms with Crippen molar-refractivity contribution in [1.82, 2.24) is 19.9 Å². The maximum Gasteiger partial charge on any atom is 0.195 e. The van der Waals surface area contributed by atoms with Crippen molar-refractivity contribution in [3.63, 3.8) is 0 Å². The van der Waals surface area contributed by atoms with Crippen LogP contribution in [0.1, 0.15) is 32.6 Å². The van der Waals surface area contributed by atoms with E-state index in [0.717, 1.165) is 36.6 Å². The van der Waals surface area contributed by atoms with E-state index in [-0.39, 0.29) is 12.1 Å². The fourth-order valence-corrected chi connectivity index (χ4v) is 4.53. The van der Waals surface area contributed by atoms with E-state index < -0.39 is 0 Å². The Balaban J connectivity index is 1.75. The summed E-state index contributed by atoms with van der Waals surface area (Å²) in [5, 5.41) is 23.2. The second-order valence-corrected chi connectivity index (χ2v) is 6.98. The van der Waals surface area contributed by atoms with Crippen LogP contribution >= 0.6 is 11.8 Å². The summed E-state index contributed by atoms with van der Waals surface area (Å²) in [6.07, 6.45) is 6.34. The number of aliphatic hydroxyl groups is 1. The molecule has 114 valence electrons. The van der Waals surface area contributed by atoms with Gasteiger partial charge in [-0.05, 0) is 37.9 Å². The van der Waals surface area contributed by atoms with Crippen LogP contribution in [0.2, 0.25) is 0 Å². The van der Waals surface area contributed by atoms with Crippen molar-refractivity contribution in [2.24, 2.45) is 0 Å². The van der Waals surface area contributed by atoms with Crippen LogP contribution in [0.25, 0.3) is 5.65 Å². The van der Waals surface area contributed by atoms with E-state index in [1.807, 2.05) is 28.8 Å². The lowest BCUT2D eigenvalue weighted by Gasteiger charge is -2.40. The Morgan fingerprint density at radius 3 is 3.19 bits per heavy atom. The number of pyridine rings is 1. The van der Waals surface area contributed by atoms with Crippen LogP contribution in [0, 0.1) is 0 Å². The third-order valence-corrected chi connectivity index (χ3v) is 5.43. The van der Waals surface area contributed by atoms with Gasteiger partial charge in [-0.1, -0.05) is 31.2 Å². The summed E-state index contributed by atoms with van der Waals surface area (Å²) in [5.74, 6) is 0. The van der Waals surface area contributed by atoms with Crippen LogP contribution in [-0.4, -0.2) is 43.6 Å². The fourth-order valence-electron chi connectivity index (χ4n) is 3.19. The second-order valence-electron chi connectivity index (χ2n) is 5.72. The summed E-state index contributed by atoms with van der Waals surface area (Å²) in [4.78, 5) is 0. The van der Waals surface area contributed by atoms with Crippen molar-refractivity contribution in [3.05, 3.63) is 24.4 Å². The van der Waals surface area contributed by atoms with Crippen LogP contribution in [0.15, 0.2) is 29.6 Å². The number of fused-ring (bicyclic) bond motifs is 1. The number of nitrogens with one attached hydrogen (secondary N) is 1. The first-order valence-corrected chi connectivity index (χ1v) is 8.46. The monoisotopic (exact) mass is 306 g/mol. The molecule has 0 aliphatic heterocycles. The lowest BCUT2D eigenvalue weighted by Crippen LogP contribution is -2.52. The van der Waals surface area contributed by atoms with E-state index in [1.54, 1.807) is 11.8 Å². The van der Waals surface area contributed by atoms with Crippen molar-refractivity contribution < 1.29 is 5.11 Å². The molecule has 2 aromatic rings. The molecule has 0 amide bonds. The molecule has 0 spiro atoms. The molecule has 0 radical (unpaired) electrons. The predicted octanol–water partition coefficient (Wildman–Crippen LogP) is 2.10. The summed E-state index contributed by atoms with van der Waals surface area (Å²) in [5.41, 5.74) is 0.765. The van der Waals surface area contributed by atoms with Crippen molar-refractivity contribution >= 4 is 17.4 Å². The third kappa shape index (κ3) is 3.07. The molecule has 2 unspecified atom stereocenters. The van der Waals surface area contributed by atoms with Crippen molar-refractivity contribution in [2.45, 2.75) is 48.6 Å². The number of aromatic nitrogens is 3. The zero-order chi connectivity index (χ0) is 14.7. The van der Waals surface area contributed by atoms with Gasteiger partial charge in [-0.2, -0.15) is 0 Å². The van der Waals surface area contributed by atoms with Gasteiger partial charge in [0.2, 0.25) is 0 Å². The summed E-state index contributed by atoms with van der Waals surface area (Å²) in [6.45, 7) is 3.20. The van der Waals surface area contributed by atoms with Gasteiger partial charge >= 0.3 is 0 Å². The number of rotatable bonds is 5. The average molecular weight is 306 g/mol. The first-order chi connectivity index (χ1) is 10.3. The van der Waals surface area contributed by atoms with Gasteiger partial charge in [-0.15, -0.1) is 10.2 Å². The maximum atomic E-state index is 9.78. The van der Waals surface area contributed by atoms with E-state index in [4.69, 9.17) is 0 Å². The fraction of sp³-hybridized carbons (Fsp3) is 0.600. The highest BCUT2D eigenvalue weighted by molar-refractivity contribution is 7.99. The Morgan fingerprint density at radius 2 is 2.38 bits per heavy atom. The highest BCUT2D eigenvalue weighted by Gasteiger charge is 2.36. The average Bonchev–Trinajstić information content (AvgIpc) is 2.91. The van der Waals surface area contributed by atoms with Crippen molar-refractivity contribution in [2.75, 3.05) is 13.2 Å². The number of nitrogens with zero attached hydrogens (tertiary/aromatic N) is 3. The molecule has 0 aromatic carbocycles. The van der Waals surface area contributed by atoms with E-state index in [0.29, 0.717) is 5.25 Å². The molecule has 2 aromatic heterocycles. The standard InChI is InChI=1S/C15H22N4OS/c1-2-16-15(11-20)8-5-6-12(10-15)21-14-18-17-13-7-3-4-9-19(13)14/h3-4,7,9,12,16,20H,2,5-6,8,10-11H2,1H3. The molecular weight excluding hydrogens is 284 g/mol. The minimum Gasteiger partial charge on any atom is -0.394 e. The Hall–Kier alpha value is -1.11. The molecule has 21 heavy (non-hydrogen) atoms. The molecule has 2 atom stereocenters. The first kappa shape index (κ1) is 14.8. The Labute approximate surface area is 129 Å². The van der Waals surface area contributed by atoms with Crippen molar-refractivity contribution in [3.8, 4) is 0 Å². The largest absolute Gasteiger partial charge is 0.394 e. The van der Waals surface area contributed by atoms with Gasteiger partial charge in [-0.3, -0.25) is 4.40 Å². The molecule has 0 bridgehead atoms. The molecule has 1 saturated carbocycles. The van der Waals surface area contributed by atoms with Gasteiger partial charge in [0.05, 0.1) is 6.61 Å². The minimum atomic E-state index is -0.120. The number of thioether (sulfide) groups is 1. The van der Waals surface area contributed by atoms with E-state index in [1.165, 1.54) is 6.42 Å². The summed E-state index contributed by atoms with van der Waals surface area (Å²) < 4.78 is 2.03. The normalized spacial score (nSPS) is 26.3. The highest BCUT2D eigenvalue weighted by atomic mass is 32.2. The first-order valence-electron chi connectivity index (χ1n) is 7.59. The third-order valence-electron chi connectivity index (χ3n) is 4.21. The van der Waals surface area contributed by atoms with Crippen molar-refractivity contribution in [1.29, 1.82) is 0 Å². The zero-order valence-corrected chi connectivity index (χ0v) is 13.1. The molecular formula is C15H22N4OS. The second kappa shape index (κ2) is 6.34. The van der Waals surface area contributed by atoms with Gasteiger partial charge in [0.1, 0.15) is 0 Å². The topological polar surface area (TPSA) is 62.5 Å². The molecule has 2 N–H and O–H groups in total. The molecule has 0 saturated heterocycles. The van der Waals surface area contributed by atoms with E-state index in [2.05, 4.69) is 22.4 Å². The maximum absolute atomic E-state index is 9.78. The quantitative estimate of drug-likeness (QED) is 0.886. The summed E-state index contributed by atoms with van der Waals surface area (Å²) >= 11 is 1.78. The van der Waals surface area contributed by atoms with Crippen LogP contribution in [0.4, 0.5) is 0 Å². The number of aliphatic hydroxyl groups excluding tert-OH is 1. The smallest absolute Gasteiger partial charge is 0.195 e. The van der Waals surface area contributed by atoms with Gasteiger partial charge in [0.25, 0.3) is 0 Å². The molecule has 6 heteroatoms. The summed E-state index contributed by atoms with van der Waals surface area (Å²) in [6, 6.07) is 5.94. The Morgan fingerprint density at radius 1 is 1.48 bits per heavy atom. The zero-order valence-electron chi connectivity index (χ0n) is 12.3. The lowest BCUT2D eigenvalue weighted by molar-refractivity contribution is 0.125. The lowest BCUT2D eigenvalue weighted by atomic mass is 9.82. The van der Waals surface area contributed by atoms with Gasteiger partial charge in [0.15, 0.2) is 10.8 Å². The molecule has 1 aliphatic rings. The Bertz CT molecular complexity index is 598. The van der Waals surface area contributed by atoms with Crippen LogP contribution < -0.4 is 5.32 Å². The number of likely N-dealkylation sites (N-methyl/N-ethyl adjacent to an activating group) is 1. The molecule has 3 rings (SSSR count). The molecule has 2 heterocycles. The number of hydrogen-bond donors (Lipinski definition) is 2. The van der Waals surface area contributed by atoms with Gasteiger partial charge in [0, 0.05) is 17.0 Å². The molecule has 5 nitrogen and oxygen atoms in total. The van der Waals surface area contributed by atoms with Gasteiger partial charge in [-0.25, -0.2) is 0 Å². The SMILES string of the molecule is CCNC1(CO)CCCC(Sc2nnc3ccccn23)C1. The Kier molecular flexibility index (Phi) is 4.47. The van der Waals surface area contributed by atoms with Gasteiger partial charge < -0.3 is 10.4 Å². The highest BCUT2D eigenvalue weighted by Crippen LogP contribution is 2.37. The van der Waals surface area contributed by atoms with E-state index in [9.17, 15) is 5.11 Å². The summed E-state index contributed by atoms with van der Waals surface area (Å²) in [7, 11) is 0. The molecule has 1 aliphatic carbocycles. The van der Waals surface area contributed by atoms with Crippen LogP contribution in [0.5, 0.6) is 0 Å². The minimum absolute atomic E-state index is 0.120. The van der Waals surface area contributed by atoms with Crippen LogP contribution in [-0.2, 0) is 0 Å². The number of hydrogen-bond acceptors (Lipinski definition) is 5.